The van der Waals surface area contributed by atoms with Crippen LogP contribution in [0.25, 0.3) is 5.69 Å². The fraction of sp³-hybridized carbons (Fsp3) is 0.429. The third-order valence-corrected chi connectivity index (χ3v) is 4.83. The minimum absolute atomic E-state index is 0.0648. The van der Waals surface area contributed by atoms with Gasteiger partial charge in [0, 0.05) is 25.1 Å². The zero-order valence-corrected chi connectivity index (χ0v) is 16.9. The van der Waals surface area contributed by atoms with Gasteiger partial charge in [0.1, 0.15) is 5.82 Å². The molecule has 1 aromatic heterocycles. The number of benzene rings is 1. The van der Waals surface area contributed by atoms with Crippen LogP contribution in [0.3, 0.4) is 0 Å². The zero-order chi connectivity index (χ0) is 20.8. The Balaban J connectivity index is 1.74. The van der Waals surface area contributed by atoms with Crippen LogP contribution < -0.4 is 10.6 Å². The van der Waals surface area contributed by atoms with E-state index in [9.17, 15) is 14.4 Å². The number of para-hydroxylation sites is 1. The molecule has 1 aliphatic rings. The van der Waals surface area contributed by atoms with Gasteiger partial charge in [0.2, 0.25) is 11.8 Å². The molecule has 2 heterocycles. The number of likely N-dealkylation sites (tertiary alicyclic amines) is 1. The monoisotopic (exact) mass is 397 g/mol. The van der Waals surface area contributed by atoms with Gasteiger partial charge in [0.25, 0.3) is 5.91 Å². The zero-order valence-electron chi connectivity index (χ0n) is 16.9. The standard InChI is InChI=1S/C21H27N5O3/c1-15(2)20(28)23-18-13-17(24-26(18)16-9-5-3-6-10-16)21(29)22-14-19(27)25-11-7-4-8-12-25/h3,5-6,9-10,13,15H,4,7-8,11-12,14H2,1-2H3,(H,22,29)(H,23,28). The highest BCUT2D eigenvalue weighted by Gasteiger charge is 2.21. The van der Waals surface area contributed by atoms with Crippen molar-refractivity contribution >= 4 is 23.5 Å². The van der Waals surface area contributed by atoms with E-state index in [0.717, 1.165) is 38.0 Å². The summed E-state index contributed by atoms with van der Waals surface area (Å²) in [4.78, 5) is 38.8. The Bertz CT molecular complexity index is 870. The van der Waals surface area contributed by atoms with E-state index < -0.39 is 5.91 Å². The van der Waals surface area contributed by atoms with Crippen LogP contribution in [0.5, 0.6) is 0 Å². The van der Waals surface area contributed by atoms with Gasteiger partial charge in [-0.05, 0) is 31.4 Å². The fourth-order valence-corrected chi connectivity index (χ4v) is 3.12. The van der Waals surface area contributed by atoms with Gasteiger partial charge in [0.15, 0.2) is 5.69 Å². The van der Waals surface area contributed by atoms with E-state index >= 15 is 0 Å². The summed E-state index contributed by atoms with van der Waals surface area (Å²) in [5.74, 6) is -0.524. The van der Waals surface area contributed by atoms with Gasteiger partial charge in [0.05, 0.1) is 12.2 Å². The summed E-state index contributed by atoms with van der Waals surface area (Å²) in [6.07, 6.45) is 3.14. The molecule has 0 radical (unpaired) electrons. The molecule has 8 nitrogen and oxygen atoms in total. The quantitative estimate of drug-likeness (QED) is 0.781. The van der Waals surface area contributed by atoms with Crippen molar-refractivity contribution in [3.05, 3.63) is 42.1 Å². The number of amides is 3. The molecule has 0 spiro atoms. The first-order valence-corrected chi connectivity index (χ1v) is 9.98. The van der Waals surface area contributed by atoms with E-state index in [4.69, 9.17) is 0 Å². The Hall–Kier alpha value is -3.16. The van der Waals surface area contributed by atoms with Crippen molar-refractivity contribution in [2.75, 3.05) is 25.0 Å². The molecule has 29 heavy (non-hydrogen) atoms. The summed E-state index contributed by atoms with van der Waals surface area (Å²) < 4.78 is 1.52. The average Bonchev–Trinajstić information content (AvgIpc) is 3.16. The SMILES string of the molecule is CC(C)C(=O)Nc1cc(C(=O)NCC(=O)N2CCCCC2)nn1-c1ccccc1. The molecule has 2 aromatic rings. The molecule has 154 valence electrons. The highest BCUT2D eigenvalue weighted by molar-refractivity contribution is 5.97. The number of nitrogens with one attached hydrogen (secondary N) is 2. The smallest absolute Gasteiger partial charge is 0.272 e. The lowest BCUT2D eigenvalue weighted by atomic mass is 10.1. The lowest BCUT2D eigenvalue weighted by molar-refractivity contribution is -0.131. The normalized spacial score (nSPS) is 14.0. The number of hydrogen-bond donors (Lipinski definition) is 2. The number of nitrogens with zero attached hydrogens (tertiary/aromatic N) is 3. The highest BCUT2D eigenvalue weighted by Crippen LogP contribution is 2.18. The van der Waals surface area contributed by atoms with Gasteiger partial charge in [-0.1, -0.05) is 32.0 Å². The molecule has 3 amide bonds. The maximum absolute atomic E-state index is 12.6. The molecular formula is C21H27N5O3. The van der Waals surface area contributed by atoms with E-state index in [0.29, 0.717) is 5.82 Å². The van der Waals surface area contributed by atoms with E-state index in [1.807, 2.05) is 30.3 Å². The second-order valence-corrected chi connectivity index (χ2v) is 7.43. The van der Waals surface area contributed by atoms with Crippen LogP contribution >= 0.6 is 0 Å². The van der Waals surface area contributed by atoms with Gasteiger partial charge in [-0.2, -0.15) is 5.10 Å². The Morgan fingerprint density at radius 2 is 1.76 bits per heavy atom. The molecular weight excluding hydrogens is 370 g/mol. The number of carbonyl (C=O) groups is 3. The maximum Gasteiger partial charge on any atom is 0.272 e. The summed E-state index contributed by atoms with van der Waals surface area (Å²) in [7, 11) is 0. The predicted molar refractivity (Wildman–Crippen MR) is 110 cm³/mol. The number of carbonyl (C=O) groups excluding carboxylic acids is 3. The topological polar surface area (TPSA) is 96.3 Å². The van der Waals surface area contributed by atoms with Crippen LogP contribution in [0.2, 0.25) is 0 Å². The van der Waals surface area contributed by atoms with Gasteiger partial charge in [-0.15, -0.1) is 0 Å². The van der Waals surface area contributed by atoms with E-state index in [2.05, 4.69) is 15.7 Å². The predicted octanol–water partition coefficient (Wildman–Crippen LogP) is 2.21. The Morgan fingerprint density at radius 1 is 1.07 bits per heavy atom. The minimum atomic E-state index is -0.454. The summed E-state index contributed by atoms with van der Waals surface area (Å²) >= 11 is 0. The molecule has 8 heteroatoms. The lowest BCUT2D eigenvalue weighted by Crippen LogP contribution is -2.42. The van der Waals surface area contributed by atoms with Gasteiger partial charge in [-0.3, -0.25) is 14.4 Å². The van der Waals surface area contributed by atoms with Crippen LogP contribution in [-0.2, 0) is 9.59 Å². The van der Waals surface area contributed by atoms with Crippen LogP contribution in [0.15, 0.2) is 36.4 Å². The first-order chi connectivity index (χ1) is 14.0. The first kappa shape index (κ1) is 20.6. The largest absolute Gasteiger partial charge is 0.342 e. The number of rotatable bonds is 6. The van der Waals surface area contributed by atoms with E-state index in [1.165, 1.54) is 10.7 Å². The number of anilines is 1. The molecule has 2 N–H and O–H groups in total. The Labute approximate surface area is 170 Å². The number of aromatic nitrogens is 2. The van der Waals surface area contributed by atoms with E-state index in [1.54, 1.807) is 18.7 Å². The van der Waals surface area contributed by atoms with Crippen molar-refractivity contribution in [3.63, 3.8) is 0 Å². The molecule has 1 fully saturated rings. The van der Waals surface area contributed by atoms with Crippen molar-refractivity contribution in [2.45, 2.75) is 33.1 Å². The lowest BCUT2D eigenvalue weighted by Gasteiger charge is -2.26. The Kier molecular flexibility index (Phi) is 6.64. The summed E-state index contributed by atoms with van der Waals surface area (Å²) in [6.45, 7) is 4.99. The molecule has 0 bridgehead atoms. The Morgan fingerprint density at radius 3 is 2.41 bits per heavy atom. The second-order valence-electron chi connectivity index (χ2n) is 7.43. The van der Waals surface area contributed by atoms with Crippen molar-refractivity contribution < 1.29 is 14.4 Å². The molecule has 0 saturated carbocycles. The van der Waals surface area contributed by atoms with Crippen molar-refractivity contribution in [3.8, 4) is 5.69 Å². The highest BCUT2D eigenvalue weighted by atomic mass is 16.2. The van der Waals surface area contributed by atoms with Gasteiger partial charge >= 0.3 is 0 Å². The van der Waals surface area contributed by atoms with Crippen LogP contribution in [0.4, 0.5) is 5.82 Å². The maximum atomic E-state index is 12.6. The van der Waals surface area contributed by atoms with Crippen LogP contribution in [0, 0.1) is 5.92 Å². The van der Waals surface area contributed by atoms with Gasteiger partial charge < -0.3 is 15.5 Å². The van der Waals surface area contributed by atoms with Gasteiger partial charge in [-0.25, -0.2) is 4.68 Å². The fourth-order valence-electron chi connectivity index (χ4n) is 3.12. The summed E-state index contributed by atoms with van der Waals surface area (Å²) in [5.41, 5.74) is 0.856. The van der Waals surface area contributed by atoms with Crippen LogP contribution in [0.1, 0.15) is 43.6 Å². The third kappa shape index (κ3) is 5.22. The van der Waals surface area contributed by atoms with Crippen molar-refractivity contribution in [2.24, 2.45) is 5.92 Å². The molecule has 1 aromatic carbocycles. The first-order valence-electron chi connectivity index (χ1n) is 9.98. The van der Waals surface area contributed by atoms with Crippen molar-refractivity contribution in [1.29, 1.82) is 0 Å². The average molecular weight is 397 g/mol. The molecule has 0 unspecified atom stereocenters. The molecule has 1 aliphatic heterocycles. The molecule has 0 aliphatic carbocycles. The van der Waals surface area contributed by atoms with Crippen LogP contribution in [-0.4, -0.2) is 52.0 Å². The second kappa shape index (κ2) is 9.36. The van der Waals surface area contributed by atoms with Crippen molar-refractivity contribution in [1.82, 2.24) is 20.0 Å². The summed E-state index contributed by atoms with van der Waals surface area (Å²) in [5, 5.41) is 9.80. The third-order valence-electron chi connectivity index (χ3n) is 4.83. The number of piperidine rings is 1. The van der Waals surface area contributed by atoms with E-state index in [-0.39, 0.29) is 30.0 Å². The molecule has 0 atom stereocenters. The molecule has 1 saturated heterocycles. The molecule has 3 rings (SSSR count). The minimum Gasteiger partial charge on any atom is -0.342 e. The number of hydrogen-bond acceptors (Lipinski definition) is 4. The summed E-state index contributed by atoms with van der Waals surface area (Å²) in [6, 6.07) is 10.8.